The molecule has 1 N–H and O–H groups in total. The number of hydrogen-bond donors (Lipinski definition) is 1. The average molecular weight is 416 g/mol. The van der Waals surface area contributed by atoms with Gasteiger partial charge >= 0.3 is 5.97 Å². The molecular weight excluding hydrogens is 386 g/mol. The third-order valence-electron chi connectivity index (χ3n) is 5.10. The number of benzene rings is 3. The predicted molar refractivity (Wildman–Crippen MR) is 124 cm³/mol. The van der Waals surface area contributed by atoms with Crippen LogP contribution in [0.3, 0.4) is 0 Å². The first-order valence-corrected chi connectivity index (χ1v) is 10.5. The van der Waals surface area contributed by atoms with Crippen LogP contribution < -0.4 is 5.32 Å². The van der Waals surface area contributed by atoms with Gasteiger partial charge in [0.2, 0.25) is 0 Å². The summed E-state index contributed by atoms with van der Waals surface area (Å²) >= 11 is 0. The monoisotopic (exact) mass is 415 g/mol. The third-order valence-corrected chi connectivity index (χ3v) is 5.10. The van der Waals surface area contributed by atoms with Crippen molar-refractivity contribution in [2.75, 3.05) is 19.8 Å². The van der Waals surface area contributed by atoms with E-state index in [0.717, 1.165) is 16.7 Å². The lowest BCUT2D eigenvalue weighted by molar-refractivity contribution is -0.147. The highest BCUT2D eigenvalue weighted by Crippen LogP contribution is 2.37. The van der Waals surface area contributed by atoms with Crippen molar-refractivity contribution in [3.05, 3.63) is 120 Å². The van der Waals surface area contributed by atoms with E-state index in [9.17, 15) is 4.79 Å². The number of hydrogen-bond acceptors (Lipinski definition) is 4. The van der Waals surface area contributed by atoms with Crippen molar-refractivity contribution in [1.29, 1.82) is 0 Å². The van der Waals surface area contributed by atoms with Gasteiger partial charge in [0.25, 0.3) is 0 Å². The zero-order valence-corrected chi connectivity index (χ0v) is 17.9. The molecule has 3 aromatic carbocycles. The van der Waals surface area contributed by atoms with E-state index in [2.05, 4.69) is 48.3 Å². The van der Waals surface area contributed by atoms with Crippen molar-refractivity contribution in [3.63, 3.8) is 0 Å². The molecule has 0 heterocycles. The molecule has 0 bridgehead atoms. The molecule has 0 spiro atoms. The van der Waals surface area contributed by atoms with Gasteiger partial charge in [0.15, 0.2) is 0 Å². The lowest BCUT2D eigenvalue weighted by Gasteiger charge is -2.39. The zero-order valence-electron chi connectivity index (χ0n) is 17.9. The molecule has 0 unspecified atom stereocenters. The number of ether oxygens (including phenoxy) is 2. The van der Waals surface area contributed by atoms with Crippen LogP contribution in [0.5, 0.6) is 0 Å². The first-order valence-electron chi connectivity index (χ1n) is 10.5. The highest BCUT2D eigenvalue weighted by molar-refractivity contribution is 5.76. The summed E-state index contributed by atoms with van der Waals surface area (Å²) in [6.07, 6.45) is 1.67. The van der Waals surface area contributed by atoms with Gasteiger partial charge in [-0.25, -0.2) is 0 Å². The number of nitrogens with one attached hydrogen (secondary N) is 1. The fourth-order valence-corrected chi connectivity index (χ4v) is 3.76. The molecule has 3 aromatic rings. The standard InChI is InChI=1S/C27H29NO3/c1-3-20-30-21-25(26(29)31-4-2)28-27(22-14-8-5-9-15-22,23-16-10-6-11-17-23)24-18-12-7-13-19-24/h3,5-19,25,28H,1,4,20-21H2,2H3/t25-/m0/s1. The molecule has 4 nitrogen and oxygen atoms in total. The Morgan fingerprint density at radius 2 is 1.35 bits per heavy atom. The molecule has 4 heteroatoms. The molecule has 31 heavy (non-hydrogen) atoms. The fraction of sp³-hybridized carbons (Fsp3) is 0.222. The van der Waals surface area contributed by atoms with E-state index in [1.807, 2.05) is 54.6 Å². The Labute approximate surface area is 184 Å². The highest BCUT2D eigenvalue weighted by Gasteiger charge is 2.40. The third kappa shape index (κ3) is 5.29. The summed E-state index contributed by atoms with van der Waals surface area (Å²) < 4.78 is 11.1. The second kappa shape index (κ2) is 11.3. The van der Waals surface area contributed by atoms with Crippen LogP contribution >= 0.6 is 0 Å². The van der Waals surface area contributed by atoms with Crippen LogP contribution in [0.15, 0.2) is 104 Å². The van der Waals surface area contributed by atoms with Crippen LogP contribution in [0.25, 0.3) is 0 Å². The summed E-state index contributed by atoms with van der Waals surface area (Å²) in [5.41, 5.74) is 2.28. The van der Waals surface area contributed by atoms with E-state index in [1.165, 1.54) is 0 Å². The van der Waals surface area contributed by atoms with Gasteiger partial charge in [-0.3, -0.25) is 10.1 Å². The Morgan fingerprint density at radius 1 is 0.903 bits per heavy atom. The lowest BCUT2D eigenvalue weighted by Crippen LogP contribution is -2.54. The molecule has 0 aromatic heterocycles. The van der Waals surface area contributed by atoms with Crippen LogP contribution in [-0.4, -0.2) is 31.8 Å². The van der Waals surface area contributed by atoms with Gasteiger partial charge in [-0.1, -0.05) is 97.1 Å². The molecule has 0 aliphatic rings. The van der Waals surface area contributed by atoms with E-state index in [4.69, 9.17) is 9.47 Å². The van der Waals surface area contributed by atoms with Gasteiger partial charge < -0.3 is 9.47 Å². The Kier molecular flexibility index (Phi) is 8.16. The molecule has 3 rings (SSSR count). The first kappa shape index (κ1) is 22.5. The summed E-state index contributed by atoms with van der Waals surface area (Å²) in [5, 5.41) is 3.63. The van der Waals surface area contributed by atoms with Crippen LogP contribution in [0, 0.1) is 0 Å². The van der Waals surface area contributed by atoms with E-state index in [1.54, 1.807) is 13.0 Å². The molecule has 0 amide bonds. The van der Waals surface area contributed by atoms with Crippen LogP contribution in [0.1, 0.15) is 23.6 Å². The molecule has 160 valence electrons. The van der Waals surface area contributed by atoms with Gasteiger partial charge in [0.05, 0.1) is 25.4 Å². The van der Waals surface area contributed by atoms with Crippen molar-refractivity contribution in [1.82, 2.24) is 5.32 Å². The van der Waals surface area contributed by atoms with Crippen molar-refractivity contribution >= 4 is 5.97 Å². The number of carbonyl (C=O) groups excluding carboxylic acids is 1. The Morgan fingerprint density at radius 3 is 1.74 bits per heavy atom. The Bertz CT molecular complexity index is 845. The maximum Gasteiger partial charge on any atom is 0.325 e. The molecule has 0 radical (unpaired) electrons. The number of rotatable bonds is 11. The van der Waals surface area contributed by atoms with Crippen LogP contribution in [0.4, 0.5) is 0 Å². The smallest absolute Gasteiger partial charge is 0.325 e. The fourth-order valence-electron chi connectivity index (χ4n) is 3.76. The van der Waals surface area contributed by atoms with Crippen molar-refractivity contribution in [2.45, 2.75) is 18.5 Å². The van der Waals surface area contributed by atoms with Crippen molar-refractivity contribution in [3.8, 4) is 0 Å². The topological polar surface area (TPSA) is 47.6 Å². The van der Waals surface area contributed by atoms with Gasteiger partial charge in [-0.2, -0.15) is 0 Å². The summed E-state index contributed by atoms with van der Waals surface area (Å²) in [6, 6.07) is 29.7. The van der Waals surface area contributed by atoms with E-state index in [-0.39, 0.29) is 12.6 Å². The summed E-state index contributed by atoms with van der Waals surface area (Å²) in [7, 11) is 0. The normalized spacial score (nSPS) is 12.2. The SMILES string of the molecule is C=CCOC[C@H](NC(c1ccccc1)(c1ccccc1)c1ccccc1)C(=O)OCC. The zero-order chi connectivity index (χ0) is 21.9. The van der Waals surface area contributed by atoms with Crippen LogP contribution in [-0.2, 0) is 19.8 Å². The van der Waals surface area contributed by atoms with E-state index in [0.29, 0.717) is 13.2 Å². The molecule has 0 saturated heterocycles. The van der Waals surface area contributed by atoms with E-state index < -0.39 is 11.6 Å². The molecule has 0 aliphatic carbocycles. The van der Waals surface area contributed by atoms with Gasteiger partial charge in [-0.15, -0.1) is 6.58 Å². The van der Waals surface area contributed by atoms with Crippen molar-refractivity contribution < 1.29 is 14.3 Å². The Hall–Kier alpha value is -3.21. The van der Waals surface area contributed by atoms with Gasteiger partial charge in [0, 0.05) is 0 Å². The Balaban J connectivity index is 2.18. The van der Waals surface area contributed by atoms with Gasteiger partial charge in [0.1, 0.15) is 6.04 Å². The van der Waals surface area contributed by atoms with Crippen molar-refractivity contribution in [2.24, 2.45) is 0 Å². The summed E-state index contributed by atoms with van der Waals surface area (Å²) in [6.45, 7) is 6.32. The largest absolute Gasteiger partial charge is 0.465 e. The minimum atomic E-state index is -0.779. The minimum absolute atomic E-state index is 0.166. The second-order valence-corrected chi connectivity index (χ2v) is 7.12. The maximum atomic E-state index is 12.9. The molecule has 0 saturated carbocycles. The minimum Gasteiger partial charge on any atom is -0.465 e. The predicted octanol–water partition coefficient (Wildman–Crippen LogP) is 4.70. The molecule has 0 fully saturated rings. The lowest BCUT2D eigenvalue weighted by atomic mass is 9.76. The second-order valence-electron chi connectivity index (χ2n) is 7.12. The van der Waals surface area contributed by atoms with E-state index >= 15 is 0 Å². The number of carbonyl (C=O) groups is 1. The summed E-state index contributed by atoms with van der Waals surface area (Å²) in [5.74, 6) is -0.348. The molecule has 0 aliphatic heterocycles. The van der Waals surface area contributed by atoms with Crippen LogP contribution in [0.2, 0.25) is 0 Å². The first-order chi connectivity index (χ1) is 15.2. The average Bonchev–Trinajstić information content (AvgIpc) is 2.83. The summed E-state index contributed by atoms with van der Waals surface area (Å²) in [4.78, 5) is 12.9. The molecule has 1 atom stereocenters. The quantitative estimate of drug-likeness (QED) is 0.213. The number of esters is 1. The maximum absolute atomic E-state index is 12.9. The highest BCUT2D eigenvalue weighted by atomic mass is 16.5. The molecular formula is C27H29NO3. The van der Waals surface area contributed by atoms with Gasteiger partial charge in [-0.05, 0) is 23.6 Å².